The van der Waals surface area contributed by atoms with Crippen LogP contribution in [0.4, 0.5) is 8.78 Å². The van der Waals surface area contributed by atoms with Crippen LogP contribution in [0.3, 0.4) is 0 Å². The van der Waals surface area contributed by atoms with E-state index in [4.69, 9.17) is 0 Å². The summed E-state index contributed by atoms with van der Waals surface area (Å²) in [7, 11) is 0. The number of halogens is 2. The summed E-state index contributed by atoms with van der Waals surface area (Å²) in [5, 5.41) is 3.22. The van der Waals surface area contributed by atoms with Crippen LogP contribution in [0.15, 0.2) is 12.1 Å². The lowest BCUT2D eigenvalue weighted by Gasteiger charge is -2.09. The molecule has 1 aromatic rings. The van der Waals surface area contributed by atoms with Gasteiger partial charge in [0.2, 0.25) is 0 Å². The van der Waals surface area contributed by atoms with Crippen LogP contribution in [0.2, 0.25) is 0 Å². The van der Waals surface area contributed by atoms with Gasteiger partial charge >= 0.3 is 0 Å². The van der Waals surface area contributed by atoms with Crippen LogP contribution < -0.4 is 5.32 Å². The molecule has 0 radical (unpaired) electrons. The topological polar surface area (TPSA) is 12.0 Å². The van der Waals surface area contributed by atoms with E-state index < -0.39 is 11.6 Å². The third-order valence-corrected chi connectivity index (χ3v) is 2.54. The predicted molar refractivity (Wildman–Crippen MR) is 62.6 cm³/mol. The van der Waals surface area contributed by atoms with Crippen LogP contribution >= 0.6 is 0 Å². The van der Waals surface area contributed by atoms with Crippen LogP contribution in [0.5, 0.6) is 0 Å². The van der Waals surface area contributed by atoms with E-state index in [0.717, 1.165) is 13.0 Å². The zero-order valence-corrected chi connectivity index (χ0v) is 10.1. The van der Waals surface area contributed by atoms with Gasteiger partial charge < -0.3 is 5.32 Å². The largest absolute Gasteiger partial charge is 0.315 e. The van der Waals surface area contributed by atoms with Crippen molar-refractivity contribution in [3.05, 3.63) is 34.9 Å². The first kappa shape index (κ1) is 13.1. The lowest BCUT2D eigenvalue weighted by molar-refractivity contribution is 0.528. The summed E-state index contributed by atoms with van der Waals surface area (Å²) in [5.41, 5.74) is 0.721. The Kier molecular flexibility index (Phi) is 4.87. The molecule has 16 heavy (non-hydrogen) atoms. The quantitative estimate of drug-likeness (QED) is 0.762. The Morgan fingerprint density at radius 3 is 2.56 bits per heavy atom. The molecule has 3 heteroatoms. The Morgan fingerprint density at radius 2 is 1.94 bits per heavy atom. The molecule has 0 saturated carbocycles. The Balaban J connectivity index is 2.56. The summed E-state index contributed by atoms with van der Waals surface area (Å²) in [5.74, 6) is -0.836. The average molecular weight is 227 g/mol. The van der Waals surface area contributed by atoms with Crippen molar-refractivity contribution in [1.29, 1.82) is 0 Å². The van der Waals surface area contributed by atoms with Crippen LogP contribution in [0.1, 0.15) is 31.4 Å². The van der Waals surface area contributed by atoms with Crippen LogP contribution in [0, 0.1) is 18.6 Å². The van der Waals surface area contributed by atoms with Crippen molar-refractivity contribution in [3.63, 3.8) is 0 Å². The van der Waals surface area contributed by atoms with Gasteiger partial charge in [-0.1, -0.05) is 19.9 Å². The Hall–Kier alpha value is -0.960. The van der Waals surface area contributed by atoms with E-state index >= 15 is 0 Å². The second kappa shape index (κ2) is 5.94. The van der Waals surface area contributed by atoms with Gasteiger partial charge in [0.15, 0.2) is 0 Å². The number of nitrogens with one attached hydrogen (secondary N) is 1. The Labute approximate surface area is 95.9 Å². The van der Waals surface area contributed by atoms with Gasteiger partial charge in [-0.25, -0.2) is 8.78 Å². The molecule has 0 amide bonds. The fourth-order valence-corrected chi connectivity index (χ4v) is 1.60. The molecule has 0 saturated heterocycles. The second-order valence-electron chi connectivity index (χ2n) is 4.37. The second-order valence-corrected chi connectivity index (χ2v) is 4.37. The standard InChI is InChI=1S/C13H19F2N/c1-9(2)16-8-4-5-11-12(14)7-6-10(3)13(11)15/h6-7,9,16H,4-5,8H2,1-3H3. The molecule has 0 aliphatic carbocycles. The normalized spacial score (nSPS) is 11.1. The van der Waals surface area contributed by atoms with E-state index in [0.29, 0.717) is 18.0 Å². The fourth-order valence-electron chi connectivity index (χ4n) is 1.60. The maximum absolute atomic E-state index is 13.6. The van der Waals surface area contributed by atoms with Crippen LogP contribution in [-0.2, 0) is 6.42 Å². The number of hydrogen-bond acceptors (Lipinski definition) is 1. The number of aryl methyl sites for hydroxylation is 1. The van der Waals surface area contributed by atoms with Gasteiger partial charge in [-0.2, -0.15) is 0 Å². The highest BCUT2D eigenvalue weighted by Crippen LogP contribution is 2.17. The van der Waals surface area contributed by atoms with Gasteiger partial charge in [0.05, 0.1) is 0 Å². The summed E-state index contributed by atoms with van der Waals surface area (Å²) < 4.78 is 26.9. The first-order valence-electron chi connectivity index (χ1n) is 5.69. The summed E-state index contributed by atoms with van der Waals surface area (Å²) >= 11 is 0. The zero-order chi connectivity index (χ0) is 12.1. The minimum atomic E-state index is -0.437. The summed E-state index contributed by atoms with van der Waals surface area (Å²) in [6.45, 7) is 6.54. The average Bonchev–Trinajstić information content (AvgIpc) is 2.22. The molecule has 0 unspecified atom stereocenters. The Bertz CT molecular complexity index is 348. The van der Waals surface area contributed by atoms with Crippen molar-refractivity contribution in [2.24, 2.45) is 0 Å². The van der Waals surface area contributed by atoms with Gasteiger partial charge in [0.25, 0.3) is 0 Å². The molecule has 0 bridgehead atoms. The first-order chi connectivity index (χ1) is 7.52. The van der Waals surface area contributed by atoms with E-state index in [-0.39, 0.29) is 5.56 Å². The molecular formula is C13H19F2N. The number of hydrogen-bond donors (Lipinski definition) is 1. The highest BCUT2D eigenvalue weighted by molar-refractivity contribution is 5.26. The van der Waals surface area contributed by atoms with E-state index in [9.17, 15) is 8.78 Å². The summed E-state index contributed by atoms with van der Waals surface area (Å²) in [6.07, 6.45) is 1.19. The molecule has 90 valence electrons. The Morgan fingerprint density at radius 1 is 1.25 bits per heavy atom. The van der Waals surface area contributed by atoms with Gasteiger partial charge in [-0.15, -0.1) is 0 Å². The number of benzene rings is 1. The molecule has 1 nitrogen and oxygen atoms in total. The molecule has 0 spiro atoms. The molecule has 1 aromatic carbocycles. The van der Waals surface area contributed by atoms with Crippen molar-refractivity contribution in [1.82, 2.24) is 5.32 Å². The molecule has 1 N–H and O–H groups in total. The third-order valence-electron chi connectivity index (χ3n) is 2.54. The maximum atomic E-state index is 13.6. The van der Waals surface area contributed by atoms with E-state index in [1.807, 2.05) is 13.8 Å². The van der Waals surface area contributed by atoms with Crippen molar-refractivity contribution in [2.45, 2.75) is 39.7 Å². The predicted octanol–water partition coefficient (Wildman–Crippen LogP) is 3.20. The monoisotopic (exact) mass is 227 g/mol. The number of rotatable bonds is 5. The molecule has 0 heterocycles. The molecule has 0 aliphatic heterocycles. The molecule has 0 aliphatic rings. The molecule has 0 atom stereocenters. The first-order valence-corrected chi connectivity index (χ1v) is 5.69. The summed E-state index contributed by atoms with van der Waals surface area (Å²) in [4.78, 5) is 0. The van der Waals surface area contributed by atoms with Gasteiger partial charge in [0.1, 0.15) is 11.6 Å². The summed E-state index contributed by atoms with van der Waals surface area (Å²) in [6, 6.07) is 3.22. The smallest absolute Gasteiger partial charge is 0.132 e. The van der Waals surface area contributed by atoms with Crippen LogP contribution in [-0.4, -0.2) is 12.6 Å². The lowest BCUT2D eigenvalue weighted by atomic mass is 10.1. The molecule has 0 fully saturated rings. The van der Waals surface area contributed by atoms with Crippen molar-refractivity contribution in [2.75, 3.05) is 6.54 Å². The molecule has 0 aromatic heterocycles. The van der Waals surface area contributed by atoms with Gasteiger partial charge in [0, 0.05) is 11.6 Å². The molecule has 1 rings (SSSR count). The van der Waals surface area contributed by atoms with E-state index in [2.05, 4.69) is 5.32 Å². The maximum Gasteiger partial charge on any atom is 0.132 e. The third kappa shape index (κ3) is 3.56. The van der Waals surface area contributed by atoms with Gasteiger partial charge in [-0.3, -0.25) is 0 Å². The van der Waals surface area contributed by atoms with Crippen molar-refractivity contribution in [3.8, 4) is 0 Å². The SMILES string of the molecule is Cc1ccc(F)c(CCCNC(C)C)c1F. The highest BCUT2D eigenvalue weighted by Gasteiger charge is 2.10. The van der Waals surface area contributed by atoms with Crippen molar-refractivity contribution >= 4 is 0 Å². The minimum Gasteiger partial charge on any atom is -0.315 e. The highest BCUT2D eigenvalue weighted by atomic mass is 19.1. The lowest BCUT2D eigenvalue weighted by Crippen LogP contribution is -2.24. The zero-order valence-electron chi connectivity index (χ0n) is 10.1. The minimum absolute atomic E-state index is 0.213. The van der Waals surface area contributed by atoms with Gasteiger partial charge in [-0.05, 0) is 37.9 Å². The van der Waals surface area contributed by atoms with Crippen LogP contribution in [0.25, 0.3) is 0 Å². The molecular weight excluding hydrogens is 208 g/mol. The van der Waals surface area contributed by atoms with E-state index in [1.54, 1.807) is 6.92 Å². The fraction of sp³-hybridized carbons (Fsp3) is 0.538. The van der Waals surface area contributed by atoms with Crippen molar-refractivity contribution < 1.29 is 8.78 Å². The van der Waals surface area contributed by atoms with E-state index in [1.165, 1.54) is 12.1 Å².